The van der Waals surface area contributed by atoms with E-state index in [0.717, 1.165) is 6.42 Å². The van der Waals surface area contributed by atoms with E-state index in [1.54, 1.807) is 0 Å². The lowest BCUT2D eigenvalue weighted by molar-refractivity contribution is 0.0698. The fourth-order valence-electron chi connectivity index (χ4n) is 1.74. The van der Waals surface area contributed by atoms with Crippen LogP contribution in [-0.4, -0.2) is 32.2 Å². The van der Waals surface area contributed by atoms with Gasteiger partial charge in [0, 0.05) is 6.42 Å². The van der Waals surface area contributed by atoms with Gasteiger partial charge in [-0.15, -0.1) is 5.10 Å². The molecule has 1 amide bonds. The van der Waals surface area contributed by atoms with Gasteiger partial charge in [-0.1, -0.05) is 24.6 Å². The Kier molecular flexibility index (Phi) is 4.54. The minimum absolute atomic E-state index is 0.0264. The second-order valence-electron chi connectivity index (χ2n) is 4.28. The average molecular weight is 309 g/mol. The minimum Gasteiger partial charge on any atom is -0.478 e. The molecule has 0 spiro atoms. The first-order valence-corrected chi connectivity index (χ1v) is 6.65. The molecule has 21 heavy (non-hydrogen) atoms. The maximum Gasteiger partial charge on any atom is 0.337 e. The number of carbonyl (C=O) groups excluding carboxylic acids is 1. The third-order valence-electron chi connectivity index (χ3n) is 2.70. The van der Waals surface area contributed by atoms with Gasteiger partial charge in [-0.3, -0.25) is 9.89 Å². The first-order valence-electron chi connectivity index (χ1n) is 6.27. The van der Waals surface area contributed by atoms with E-state index in [2.05, 4.69) is 20.5 Å². The molecule has 8 heteroatoms. The first-order chi connectivity index (χ1) is 10.0. The molecule has 1 heterocycles. The van der Waals surface area contributed by atoms with E-state index in [9.17, 15) is 9.59 Å². The molecule has 1 aromatic heterocycles. The summed E-state index contributed by atoms with van der Waals surface area (Å²) in [6, 6.07) is 4.34. The summed E-state index contributed by atoms with van der Waals surface area (Å²) < 4.78 is 0. The number of nitrogens with zero attached hydrogens (tertiary/aromatic N) is 2. The van der Waals surface area contributed by atoms with E-state index < -0.39 is 11.9 Å². The number of benzene rings is 1. The van der Waals surface area contributed by atoms with Gasteiger partial charge in [-0.2, -0.15) is 0 Å². The van der Waals surface area contributed by atoms with E-state index in [1.807, 2.05) is 6.92 Å². The zero-order chi connectivity index (χ0) is 15.4. The van der Waals surface area contributed by atoms with Crippen LogP contribution in [0.3, 0.4) is 0 Å². The van der Waals surface area contributed by atoms with Crippen LogP contribution >= 0.6 is 11.6 Å². The van der Waals surface area contributed by atoms with E-state index in [4.69, 9.17) is 16.7 Å². The number of carboxylic acids is 1. The molecule has 0 atom stereocenters. The molecule has 0 aliphatic carbocycles. The Bertz CT molecular complexity index is 684. The van der Waals surface area contributed by atoms with Crippen molar-refractivity contribution in [3.8, 4) is 0 Å². The first kappa shape index (κ1) is 15.0. The number of aryl methyl sites for hydroxylation is 1. The number of carbonyl (C=O) groups is 2. The van der Waals surface area contributed by atoms with E-state index in [1.165, 1.54) is 18.2 Å². The number of anilines is 1. The van der Waals surface area contributed by atoms with Crippen LogP contribution in [0.15, 0.2) is 18.2 Å². The van der Waals surface area contributed by atoms with Gasteiger partial charge >= 0.3 is 5.97 Å². The number of aromatic nitrogens is 3. The Morgan fingerprint density at radius 3 is 2.86 bits per heavy atom. The number of nitrogens with one attached hydrogen (secondary N) is 2. The number of halogens is 1. The maximum absolute atomic E-state index is 12.1. The quantitative estimate of drug-likeness (QED) is 0.785. The molecule has 7 nitrogen and oxygen atoms in total. The van der Waals surface area contributed by atoms with Crippen molar-refractivity contribution < 1.29 is 14.7 Å². The van der Waals surface area contributed by atoms with Crippen molar-refractivity contribution in [2.24, 2.45) is 0 Å². The SMILES string of the molecule is CCCc1nc(C(=O)Nc2c(Cl)cccc2C(=O)O)n[nH]1. The molecule has 0 unspecified atom stereocenters. The monoisotopic (exact) mass is 308 g/mol. The van der Waals surface area contributed by atoms with Crippen LogP contribution in [0.5, 0.6) is 0 Å². The van der Waals surface area contributed by atoms with Gasteiger partial charge in [0.2, 0.25) is 5.82 Å². The number of hydrogen-bond donors (Lipinski definition) is 3. The van der Waals surface area contributed by atoms with Gasteiger partial charge in [-0.25, -0.2) is 9.78 Å². The van der Waals surface area contributed by atoms with E-state index in [0.29, 0.717) is 12.2 Å². The Hall–Kier alpha value is -2.41. The van der Waals surface area contributed by atoms with Crippen LogP contribution in [0, 0.1) is 0 Å². The van der Waals surface area contributed by atoms with Crippen molar-refractivity contribution in [2.45, 2.75) is 19.8 Å². The molecule has 0 aliphatic heterocycles. The Balaban J connectivity index is 2.25. The lowest BCUT2D eigenvalue weighted by Gasteiger charge is -2.08. The van der Waals surface area contributed by atoms with Crippen molar-refractivity contribution in [1.82, 2.24) is 15.2 Å². The van der Waals surface area contributed by atoms with Crippen molar-refractivity contribution >= 4 is 29.2 Å². The highest BCUT2D eigenvalue weighted by Crippen LogP contribution is 2.26. The number of aromatic amines is 1. The molecule has 110 valence electrons. The normalized spacial score (nSPS) is 10.4. The average Bonchev–Trinajstić information content (AvgIpc) is 2.90. The topological polar surface area (TPSA) is 108 Å². The van der Waals surface area contributed by atoms with Gasteiger partial charge in [0.25, 0.3) is 5.91 Å². The van der Waals surface area contributed by atoms with Crippen LogP contribution in [0.1, 0.15) is 40.1 Å². The van der Waals surface area contributed by atoms with Gasteiger partial charge < -0.3 is 10.4 Å². The predicted molar refractivity (Wildman–Crippen MR) is 76.7 cm³/mol. The molecular formula is C13H13ClN4O3. The van der Waals surface area contributed by atoms with Crippen LogP contribution in [0.25, 0.3) is 0 Å². The minimum atomic E-state index is -1.19. The molecule has 0 aliphatic rings. The summed E-state index contributed by atoms with van der Waals surface area (Å²) in [5.74, 6) is -1.27. The van der Waals surface area contributed by atoms with Crippen LogP contribution in [0.2, 0.25) is 5.02 Å². The van der Waals surface area contributed by atoms with Gasteiger partial charge in [0.05, 0.1) is 16.3 Å². The molecular weight excluding hydrogens is 296 g/mol. The molecule has 1 aromatic carbocycles. The smallest absolute Gasteiger partial charge is 0.337 e. The Morgan fingerprint density at radius 2 is 2.19 bits per heavy atom. The van der Waals surface area contributed by atoms with E-state index in [-0.39, 0.29) is 22.1 Å². The maximum atomic E-state index is 12.1. The fraction of sp³-hybridized carbons (Fsp3) is 0.231. The molecule has 2 aromatic rings. The van der Waals surface area contributed by atoms with Crippen molar-refractivity contribution in [3.05, 3.63) is 40.4 Å². The number of hydrogen-bond acceptors (Lipinski definition) is 4. The number of H-pyrrole nitrogens is 1. The molecule has 0 bridgehead atoms. The summed E-state index contributed by atoms with van der Waals surface area (Å²) in [6.07, 6.45) is 1.54. The van der Waals surface area contributed by atoms with Gasteiger partial charge in [-0.05, 0) is 18.6 Å². The Labute approximate surface area is 125 Å². The highest BCUT2D eigenvalue weighted by molar-refractivity contribution is 6.34. The lowest BCUT2D eigenvalue weighted by Crippen LogP contribution is -2.16. The van der Waals surface area contributed by atoms with E-state index >= 15 is 0 Å². The fourth-order valence-corrected chi connectivity index (χ4v) is 1.97. The molecule has 0 saturated carbocycles. The zero-order valence-corrected chi connectivity index (χ0v) is 11.9. The number of amides is 1. The molecule has 0 fully saturated rings. The van der Waals surface area contributed by atoms with Gasteiger partial charge in [0.1, 0.15) is 5.82 Å². The summed E-state index contributed by atoms with van der Waals surface area (Å²) in [6.45, 7) is 1.98. The van der Waals surface area contributed by atoms with Crippen LogP contribution < -0.4 is 5.32 Å². The largest absolute Gasteiger partial charge is 0.478 e. The molecule has 3 N–H and O–H groups in total. The lowest BCUT2D eigenvalue weighted by atomic mass is 10.2. The number of para-hydroxylation sites is 1. The summed E-state index contributed by atoms with van der Waals surface area (Å²) in [5, 5.41) is 18.1. The highest BCUT2D eigenvalue weighted by atomic mass is 35.5. The Morgan fingerprint density at radius 1 is 1.43 bits per heavy atom. The van der Waals surface area contributed by atoms with Gasteiger partial charge in [0.15, 0.2) is 0 Å². The molecule has 0 saturated heterocycles. The second kappa shape index (κ2) is 6.36. The zero-order valence-electron chi connectivity index (χ0n) is 11.2. The van der Waals surface area contributed by atoms with Crippen LogP contribution in [-0.2, 0) is 6.42 Å². The third-order valence-corrected chi connectivity index (χ3v) is 3.02. The van der Waals surface area contributed by atoms with Crippen molar-refractivity contribution in [3.63, 3.8) is 0 Å². The van der Waals surface area contributed by atoms with Crippen LogP contribution in [0.4, 0.5) is 5.69 Å². The highest BCUT2D eigenvalue weighted by Gasteiger charge is 2.18. The van der Waals surface area contributed by atoms with Crippen molar-refractivity contribution in [2.75, 3.05) is 5.32 Å². The predicted octanol–water partition coefficient (Wildman–Crippen LogP) is 2.36. The molecule has 2 rings (SSSR count). The molecule has 0 radical (unpaired) electrons. The summed E-state index contributed by atoms with van der Waals surface area (Å²) in [7, 11) is 0. The summed E-state index contributed by atoms with van der Waals surface area (Å²) in [5.41, 5.74) is -0.0707. The van der Waals surface area contributed by atoms with Crippen molar-refractivity contribution in [1.29, 1.82) is 0 Å². The number of rotatable bonds is 5. The summed E-state index contributed by atoms with van der Waals surface area (Å²) >= 11 is 5.93. The second-order valence-corrected chi connectivity index (χ2v) is 4.68. The number of carboxylic acid groups (broad SMARTS) is 1. The standard InChI is InChI=1S/C13H13ClN4O3/c1-2-4-9-15-11(18-17-9)12(19)16-10-7(13(20)21)5-3-6-8(10)14/h3,5-6H,2,4H2,1H3,(H,16,19)(H,20,21)(H,15,17,18). The summed E-state index contributed by atoms with van der Waals surface area (Å²) in [4.78, 5) is 27.2. The number of aromatic carboxylic acids is 1. The third kappa shape index (κ3) is 3.38.